The summed E-state index contributed by atoms with van der Waals surface area (Å²) in [6, 6.07) is 1.65. The third kappa shape index (κ3) is 1.76. The van der Waals surface area contributed by atoms with E-state index in [-0.39, 0.29) is 5.82 Å². The van der Waals surface area contributed by atoms with Crippen molar-refractivity contribution in [2.75, 3.05) is 12.3 Å². The highest BCUT2D eigenvalue weighted by Gasteiger charge is 2.45. The number of fused-ring (bicyclic) bond motifs is 1. The third-order valence-electron chi connectivity index (χ3n) is 3.29. The summed E-state index contributed by atoms with van der Waals surface area (Å²) in [6.45, 7) is -0.450. The van der Waals surface area contributed by atoms with Gasteiger partial charge in [-0.1, -0.05) is 0 Å². The largest absolute Gasteiger partial charge is 0.394 e. The van der Waals surface area contributed by atoms with Crippen molar-refractivity contribution in [3.8, 4) is 0 Å². The number of nitrogens with zero attached hydrogens (tertiary/aromatic N) is 3. The zero-order valence-corrected chi connectivity index (χ0v) is 9.85. The Kier molecular flexibility index (Phi) is 2.85. The van der Waals surface area contributed by atoms with Gasteiger partial charge < -0.3 is 25.3 Å². The van der Waals surface area contributed by atoms with Crippen LogP contribution in [0.1, 0.15) is 6.23 Å². The van der Waals surface area contributed by atoms with Crippen LogP contribution in [0.15, 0.2) is 18.6 Å². The van der Waals surface area contributed by atoms with Crippen LogP contribution < -0.4 is 5.73 Å². The maximum absolute atomic E-state index is 14.0. The Labute approximate surface area is 107 Å². The van der Waals surface area contributed by atoms with E-state index in [2.05, 4.69) is 9.97 Å². The molecule has 3 rings (SSSR count). The molecule has 1 aliphatic rings. The second-order valence-electron chi connectivity index (χ2n) is 4.40. The fourth-order valence-corrected chi connectivity index (χ4v) is 2.27. The lowest BCUT2D eigenvalue weighted by molar-refractivity contribution is -0.0457. The van der Waals surface area contributed by atoms with Crippen molar-refractivity contribution in [1.29, 1.82) is 0 Å². The zero-order valence-electron chi connectivity index (χ0n) is 9.85. The minimum Gasteiger partial charge on any atom is -0.394 e. The van der Waals surface area contributed by atoms with Gasteiger partial charge in [-0.05, 0) is 6.07 Å². The molecule has 7 nitrogen and oxygen atoms in total. The van der Waals surface area contributed by atoms with Crippen LogP contribution >= 0.6 is 0 Å². The molecule has 2 aromatic heterocycles. The molecule has 19 heavy (non-hydrogen) atoms. The summed E-state index contributed by atoms with van der Waals surface area (Å²) >= 11 is 0. The third-order valence-corrected chi connectivity index (χ3v) is 3.29. The smallest absolute Gasteiger partial charge is 0.173 e. The minimum atomic E-state index is -1.65. The number of aromatic nitrogens is 3. The lowest BCUT2D eigenvalue weighted by Crippen LogP contribution is -2.30. The summed E-state index contributed by atoms with van der Waals surface area (Å²) in [5.74, 6) is 0.288. The number of rotatable bonds is 2. The highest BCUT2D eigenvalue weighted by atomic mass is 19.1. The number of halogens is 1. The van der Waals surface area contributed by atoms with Crippen molar-refractivity contribution in [1.82, 2.24) is 14.5 Å². The van der Waals surface area contributed by atoms with Gasteiger partial charge in [-0.3, -0.25) is 0 Å². The van der Waals surface area contributed by atoms with Gasteiger partial charge in [0.1, 0.15) is 30.0 Å². The lowest BCUT2D eigenvalue weighted by atomic mass is 10.1. The molecule has 102 valence electrons. The van der Waals surface area contributed by atoms with E-state index in [4.69, 9.17) is 15.6 Å². The second-order valence-corrected chi connectivity index (χ2v) is 4.40. The fraction of sp³-hybridized carbons (Fsp3) is 0.455. The molecule has 4 N–H and O–H groups in total. The maximum atomic E-state index is 14.0. The summed E-state index contributed by atoms with van der Waals surface area (Å²) in [5.41, 5.74) is 6.12. The Morgan fingerprint density at radius 1 is 1.47 bits per heavy atom. The second kappa shape index (κ2) is 4.41. The molecule has 4 atom stereocenters. The summed E-state index contributed by atoms with van der Waals surface area (Å²) in [4.78, 5) is 7.88. The van der Waals surface area contributed by atoms with E-state index in [1.54, 1.807) is 12.3 Å². The van der Waals surface area contributed by atoms with Crippen LogP contribution in [0.5, 0.6) is 0 Å². The first kappa shape index (κ1) is 12.3. The van der Waals surface area contributed by atoms with E-state index in [1.807, 2.05) is 0 Å². The number of alkyl halides is 1. The number of aliphatic hydroxyl groups is 2. The van der Waals surface area contributed by atoms with E-state index in [0.29, 0.717) is 11.0 Å². The molecule has 0 spiro atoms. The molecule has 0 radical (unpaired) electrons. The highest BCUT2D eigenvalue weighted by Crippen LogP contribution is 2.34. The molecule has 1 saturated heterocycles. The molecule has 0 saturated carbocycles. The van der Waals surface area contributed by atoms with Crippen molar-refractivity contribution in [2.45, 2.75) is 24.6 Å². The Morgan fingerprint density at radius 2 is 2.26 bits per heavy atom. The van der Waals surface area contributed by atoms with E-state index in [9.17, 15) is 9.50 Å². The van der Waals surface area contributed by atoms with Crippen LogP contribution in [0.25, 0.3) is 11.0 Å². The van der Waals surface area contributed by atoms with Gasteiger partial charge in [0, 0.05) is 6.20 Å². The number of nitrogen functional groups attached to an aromatic ring is 1. The summed E-state index contributed by atoms with van der Waals surface area (Å²) in [5, 5.41) is 19.2. The predicted octanol–water partition coefficient (Wildman–Crippen LogP) is -0.398. The standard InChI is InChI=1S/C11H13FN4O3/c12-7-8(18)6(3-17)19-11(7)16-2-1-5-9(13)14-4-15-10(5)16/h1-2,4,6-8,11,17-18H,3H2,(H2,13,14,15)/t6-,7+,8-,11-/m1/s1. The van der Waals surface area contributed by atoms with Gasteiger partial charge >= 0.3 is 0 Å². The van der Waals surface area contributed by atoms with Crippen LogP contribution in [0.4, 0.5) is 10.2 Å². The van der Waals surface area contributed by atoms with Crippen LogP contribution in [0.2, 0.25) is 0 Å². The van der Waals surface area contributed by atoms with E-state index in [1.165, 1.54) is 10.9 Å². The van der Waals surface area contributed by atoms with Gasteiger partial charge in [-0.15, -0.1) is 0 Å². The molecule has 8 heteroatoms. The van der Waals surface area contributed by atoms with Crippen molar-refractivity contribution in [3.63, 3.8) is 0 Å². The Balaban J connectivity index is 2.04. The quantitative estimate of drug-likeness (QED) is 0.684. The molecular formula is C11H13FN4O3. The number of hydrogen-bond donors (Lipinski definition) is 3. The molecule has 0 unspecified atom stereocenters. The molecular weight excluding hydrogens is 255 g/mol. The van der Waals surface area contributed by atoms with Crippen LogP contribution in [-0.4, -0.2) is 49.7 Å². The Hall–Kier alpha value is -1.77. The lowest BCUT2D eigenvalue weighted by Gasteiger charge is -2.15. The monoisotopic (exact) mass is 268 g/mol. The van der Waals surface area contributed by atoms with Crippen LogP contribution in [0, 0.1) is 0 Å². The predicted molar refractivity (Wildman–Crippen MR) is 63.8 cm³/mol. The normalized spacial score (nSPS) is 31.1. The zero-order chi connectivity index (χ0) is 13.6. The summed E-state index contributed by atoms with van der Waals surface area (Å²) in [6.07, 6.45) is -2.17. The average molecular weight is 268 g/mol. The molecule has 2 aromatic rings. The topological polar surface area (TPSA) is 106 Å². The van der Waals surface area contributed by atoms with Crippen molar-refractivity contribution in [3.05, 3.63) is 18.6 Å². The van der Waals surface area contributed by atoms with Gasteiger partial charge in [0.25, 0.3) is 0 Å². The number of anilines is 1. The van der Waals surface area contributed by atoms with E-state index >= 15 is 0 Å². The van der Waals surface area contributed by atoms with Gasteiger partial charge in [0.05, 0.1) is 12.0 Å². The van der Waals surface area contributed by atoms with Gasteiger partial charge in [0.2, 0.25) is 0 Å². The molecule has 1 fully saturated rings. The van der Waals surface area contributed by atoms with Crippen molar-refractivity contribution >= 4 is 16.9 Å². The Morgan fingerprint density at radius 3 is 2.95 bits per heavy atom. The van der Waals surface area contributed by atoms with Crippen LogP contribution in [-0.2, 0) is 4.74 Å². The molecule has 0 aliphatic carbocycles. The molecule has 0 amide bonds. The van der Waals surface area contributed by atoms with Gasteiger partial charge in [-0.2, -0.15) is 0 Å². The van der Waals surface area contributed by atoms with Crippen molar-refractivity contribution < 1.29 is 19.3 Å². The van der Waals surface area contributed by atoms with Crippen LogP contribution in [0.3, 0.4) is 0 Å². The number of nitrogens with two attached hydrogens (primary N) is 1. The molecule has 0 bridgehead atoms. The minimum absolute atomic E-state index is 0.288. The van der Waals surface area contributed by atoms with Crippen molar-refractivity contribution in [2.24, 2.45) is 0 Å². The first-order valence-corrected chi connectivity index (χ1v) is 5.79. The number of hydrogen-bond acceptors (Lipinski definition) is 6. The first-order chi connectivity index (χ1) is 9.13. The molecule has 3 heterocycles. The molecule has 1 aliphatic heterocycles. The molecule has 0 aromatic carbocycles. The van der Waals surface area contributed by atoms with Gasteiger partial charge in [-0.25, -0.2) is 14.4 Å². The van der Waals surface area contributed by atoms with E-state index in [0.717, 1.165) is 0 Å². The summed E-state index contributed by atoms with van der Waals surface area (Å²) in [7, 11) is 0. The van der Waals surface area contributed by atoms with E-state index < -0.39 is 31.2 Å². The van der Waals surface area contributed by atoms with Gasteiger partial charge in [0.15, 0.2) is 12.4 Å². The Bertz CT molecular complexity index is 605. The average Bonchev–Trinajstić information content (AvgIpc) is 2.94. The number of ether oxygens (including phenoxy) is 1. The first-order valence-electron chi connectivity index (χ1n) is 5.79. The highest BCUT2D eigenvalue weighted by molar-refractivity contribution is 5.86. The SMILES string of the molecule is Nc1ncnc2c1ccn2[C@@H]1O[C@H](CO)[C@@H](O)[C@@H]1F. The number of aliphatic hydroxyl groups excluding tert-OH is 2. The fourth-order valence-electron chi connectivity index (χ4n) is 2.27. The maximum Gasteiger partial charge on any atom is 0.173 e. The summed E-state index contributed by atoms with van der Waals surface area (Å²) < 4.78 is 20.8.